The topological polar surface area (TPSA) is 67.7 Å². The van der Waals surface area contributed by atoms with Crippen LogP contribution in [0, 0.1) is 11.6 Å². The summed E-state index contributed by atoms with van der Waals surface area (Å²) in [5.41, 5.74) is 1.08. The van der Waals surface area contributed by atoms with Gasteiger partial charge in [0.25, 0.3) is 0 Å². The maximum atomic E-state index is 13.5. The molecule has 1 aromatic heterocycles. The van der Waals surface area contributed by atoms with Crippen molar-refractivity contribution in [2.24, 2.45) is 5.10 Å². The Morgan fingerprint density at radius 3 is 2.68 bits per heavy atom. The Labute approximate surface area is 169 Å². The van der Waals surface area contributed by atoms with Gasteiger partial charge in [-0.1, -0.05) is 6.58 Å². The van der Waals surface area contributed by atoms with E-state index in [0.29, 0.717) is 34.5 Å². The monoisotopic (exact) mass is 450 g/mol. The van der Waals surface area contributed by atoms with Crippen LogP contribution in [0.25, 0.3) is 0 Å². The Morgan fingerprint density at radius 1 is 1.21 bits per heavy atom. The summed E-state index contributed by atoms with van der Waals surface area (Å²) >= 11 is 3.23. The third-order valence-corrected chi connectivity index (χ3v) is 4.51. The van der Waals surface area contributed by atoms with E-state index in [1.54, 1.807) is 12.3 Å². The largest absolute Gasteiger partial charge is 0.473 e. The average Bonchev–Trinajstić information content (AvgIpc) is 3.14. The third kappa shape index (κ3) is 5.19. The minimum Gasteiger partial charge on any atom is -0.473 e. The molecule has 0 aliphatic carbocycles. The van der Waals surface area contributed by atoms with E-state index in [4.69, 9.17) is 4.74 Å². The van der Waals surface area contributed by atoms with E-state index in [-0.39, 0.29) is 18.9 Å². The molecule has 0 bridgehead atoms. The molecule has 1 aliphatic rings. The molecule has 1 aliphatic heterocycles. The molecule has 0 spiro atoms. The second-order valence-corrected chi connectivity index (χ2v) is 7.02. The molecular formula is C19H17BrF2N4O2. The fourth-order valence-electron chi connectivity index (χ4n) is 2.74. The van der Waals surface area contributed by atoms with E-state index in [9.17, 15) is 13.6 Å². The molecule has 0 fully saturated rings. The Bertz CT molecular complexity index is 902. The van der Waals surface area contributed by atoms with E-state index >= 15 is 0 Å². The maximum absolute atomic E-state index is 13.5. The number of rotatable bonds is 7. The van der Waals surface area contributed by atoms with Crippen molar-refractivity contribution in [1.82, 2.24) is 15.0 Å². The van der Waals surface area contributed by atoms with Gasteiger partial charge in [0.05, 0.1) is 6.04 Å². The van der Waals surface area contributed by atoms with Crippen LogP contribution in [-0.2, 0) is 4.79 Å². The van der Waals surface area contributed by atoms with Gasteiger partial charge in [0.1, 0.15) is 29.2 Å². The molecule has 6 nitrogen and oxygen atoms in total. The summed E-state index contributed by atoms with van der Waals surface area (Å²) in [5, 5.41) is 5.33. The molecule has 0 radical (unpaired) electrons. The van der Waals surface area contributed by atoms with Crippen molar-refractivity contribution in [1.29, 1.82) is 0 Å². The Hall–Kier alpha value is -2.68. The standard InChI is InChI=1S/C19H17BrF2N4O2/c1-12(10-28-18-9-17(20)23-11-24-18)2-3-19(27)26-16(4-5-25-26)13-6-14(21)8-15(22)7-13/h5-9,11,16H,1-4,10H2. The summed E-state index contributed by atoms with van der Waals surface area (Å²) in [6.45, 7) is 4.11. The number of aromatic nitrogens is 2. The number of benzene rings is 1. The summed E-state index contributed by atoms with van der Waals surface area (Å²) in [5.74, 6) is -1.23. The fraction of sp³-hybridized carbons (Fsp3) is 0.263. The predicted octanol–water partition coefficient (Wildman–Crippen LogP) is 4.19. The lowest BCUT2D eigenvalue weighted by atomic mass is 10.0. The van der Waals surface area contributed by atoms with E-state index < -0.39 is 17.7 Å². The highest BCUT2D eigenvalue weighted by molar-refractivity contribution is 9.10. The van der Waals surface area contributed by atoms with Gasteiger partial charge in [0.2, 0.25) is 11.8 Å². The number of ether oxygens (including phenoxy) is 1. The molecule has 2 aromatic rings. The summed E-state index contributed by atoms with van der Waals surface area (Å²) in [6, 6.07) is 4.34. The average molecular weight is 451 g/mol. The molecule has 0 N–H and O–H groups in total. The lowest BCUT2D eigenvalue weighted by molar-refractivity contribution is -0.133. The Morgan fingerprint density at radius 2 is 1.96 bits per heavy atom. The van der Waals surface area contributed by atoms with Gasteiger partial charge in [0.15, 0.2) is 0 Å². The molecule has 1 atom stereocenters. The summed E-state index contributed by atoms with van der Waals surface area (Å²) in [7, 11) is 0. The van der Waals surface area contributed by atoms with Crippen LogP contribution in [-0.4, -0.2) is 33.7 Å². The minimum absolute atomic E-state index is 0.154. The van der Waals surface area contributed by atoms with Crippen molar-refractivity contribution >= 4 is 28.1 Å². The van der Waals surface area contributed by atoms with Crippen molar-refractivity contribution in [2.45, 2.75) is 25.3 Å². The molecule has 0 saturated carbocycles. The lowest BCUT2D eigenvalue weighted by Crippen LogP contribution is -2.27. The van der Waals surface area contributed by atoms with E-state index in [0.717, 1.165) is 6.07 Å². The van der Waals surface area contributed by atoms with Crippen molar-refractivity contribution in [3.8, 4) is 5.88 Å². The SMILES string of the molecule is C=C(CCC(=O)N1N=CCC1c1cc(F)cc(F)c1)COc1cc(Br)ncn1. The third-order valence-electron chi connectivity index (χ3n) is 4.08. The number of carbonyl (C=O) groups excluding carboxylic acids is 1. The zero-order valence-corrected chi connectivity index (χ0v) is 16.4. The zero-order chi connectivity index (χ0) is 20.1. The van der Waals surface area contributed by atoms with Crippen molar-refractivity contribution < 1.29 is 18.3 Å². The number of hydrogen-bond donors (Lipinski definition) is 0. The number of amides is 1. The molecule has 9 heteroatoms. The molecule has 3 rings (SSSR count). The summed E-state index contributed by atoms with van der Waals surface area (Å²) in [4.78, 5) is 20.4. The second kappa shape index (κ2) is 9.01. The second-order valence-electron chi connectivity index (χ2n) is 6.21. The van der Waals surface area contributed by atoms with Crippen molar-refractivity contribution in [2.75, 3.05) is 6.61 Å². The predicted molar refractivity (Wildman–Crippen MR) is 103 cm³/mol. The van der Waals surface area contributed by atoms with Gasteiger partial charge >= 0.3 is 0 Å². The quantitative estimate of drug-likeness (QED) is 0.468. The normalized spacial score (nSPS) is 15.7. The van der Waals surface area contributed by atoms with Gasteiger partial charge in [0, 0.05) is 31.2 Å². The van der Waals surface area contributed by atoms with E-state index in [2.05, 4.69) is 37.6 Å². The molecule has 28 heavy (non-hydrogen) atoms. The number of halogens is 3. The molecule has 1 unspecified atom stereocenters. The van der Waals surface area contributed by atoms with Gasteiger partial charge in [-0.2, -0.15) is 5.10 Å². The van der Waals surface area contributed by atoms with Gasteiger partial charge in [-0.25, -0.2) is 23.8 Å². The highest BCUT2D eigenvalue weighted by atomic mass is 79.9. The molecular weight excluding hydrogens is 434 g/mol. The Balaban J connectivity index is 1.53. The van der Waals surface area contributed by atoms with Crippen molar-refractivity contribution in [3.63, 3.8) is 0 Å². The highest BCUT2D eigenvalue weighted by Crippen LogP contribution is 2.30. The first-order valence-corrected chi connectivity index (χ1v) is 9.29. The summed E-state index contributed by atoms with van der Waals surface area (Å²) in [6.07, 6.45) is 3.88. The maximum Gasteiger partial charge on any atom is 0.243 e. The fourth-order valence-corrected chi connectivity index (χ4v) is 3.03. The molecule has 1 amide bonds. The molecule has 0 saturated heterocycles. The van der Waals surface area contributed by atoms with Crippen molar-refractivity contribution in [3.05, 3.63) is 64.5 Å². The van der Waals surface area contributed by atoms with Gasteiger partial charge in [-0.3, -0.25) is 4.79 Å². The number of hydrogen-bond acceptors (Lipinski definition) is 5. The van der Waals surface area contributed by atoms with Gasteiger partial charge < -0.3 is 4.74 Å². The number of carbonyl (C=O) groups is 1. The first-order valence-electron chi connectivity index (χ1n) is 8.50. The van der Waals surface area contributed by atoms with Crippen LogP contribution in [0.3, 0.4) is 0 Å². The van der Waals surface area contributed by atoms with Crippen LogP contribution in [0.2, 0.25) is 0 Å². The lowest BCUT2D eigenvalue weighted by Gasteiger charge is -2.22. The van der Waals surface area contributed by atoms with Crippen LogP contribution in [0.15, 0.2) is 52.4 Å². The molecule has 1 aromatic carbocycles. The number of hydrazone groups is 1. The van der Waals surface area contributed by atoms with Crippen LogP contribution < -0.4 is 4.74 Å². The van der Waals surface area contributed by atoms with Crippen LogP contribution in [0.1, 0.15) is 30.9 Å². The molecule has 2 heterocycles. The highest BCUT2D eigenvalue weighted by Gasteiger charge is 2.28. The van der Waals surface area contributed by atoms with Gasteiger partial charge in [-0.05, 0) is 45.6 Å². The van der Waals surface area contributed by atoms with Crippen LogP contribution in [0.5, 0.6) is 5.88 Å². The van der Waals surface area contributed by atoms with E-state index in [1.807, 2.05) is 0 Å². The first kappa shape index (κ1) is 20.1. The zero-order valence-electron chi connectivity index (χ0n) is 14.8. The number of nitrogens with zero attached hydrogens (tertiary/aromatic N) is 4. The summed E-state index contributed by atoms with van der Waals surface area (Å²) < 4.78 is 33.1. The smallest absolute Gasteiger partial charge is 0.243 e. The van der Waals surface area contributed by atoms with Gasteiger partial charge in [-0.15, -0.1) is 0 Å². The van der Waals surface area contributed by atoms with Crippen LogP contribution in [0.4, 0.5) is 8.78 Å². The van der Waals surface area contributed by atoms with Crippen LogP contribution >= 0.6 is 15.9 Å². The van der Waals surface area contributed by atoms with E-state index in [1.165, 1.54) is 23.5 Å². The first-order chi connectivity index (χ1) is 13.4. The minimum atomic E-state index is -0.684. The Kier molecular flexibility index (Phi) is 6.45. The molecule has 146 valence electrons.